The first-order valence-corrected chi connectivity index (χ1v) is 13.8. The summed E-state index contributed by atoms with van der Waals surface area (Å²) in [6, 6.07) is 1.63. The number of halogens is 3. The number of anilines is 1. The lowest BCUT2D eigenvalue weighted by Crippen LogP contribution is -2.42. The molecule has 0 aromatic carbocycles. The van der Waals surface area contributed by atoms with E-state index >= 15 is 0 Å². The molecule has 0 atom stereocenters. The molecule has 1 aliphatic heterocycles. The molecule has 3 aromatic rings. The molecule has 0 radical (unpaired) electrons. The number of sulfonamides is 1. The van der Waals surface area contributed by atoms with Gasteiger partial charge in [-0.2, -0.15) is 27.8 Å². The molecule has 0 bridgehead atoms. The Kier molecular flexibility index (Phi) is 7.75. The van der Waals surface area contributed by atoms with Gasteiger partial charge in [0.05, 0.1) is 33.4 Å². The minimum Gasteiger partial charge on any atom is -0.390 e. The van der Waals surface area contributed by atoms with Gasteiger partial charge in [-0.3, -0.25) is 4.68 Å². The Morgan fingerprint density at radius 3 is 2.55 bits per heavy atom. The average Bonchev–Trinajstić information content (AvgIpc) is 3.48. The number of piperidine rings is 1. The fourth-order valence-corrected chi connectivity index (χ4v) is 6.49. The summed E-state index contributed by atoms with van der Waals surface area (Å²) >= 11 is 1.02. The van der Waals surface area contributed by atoms with Crippen LogP contribution < -0.4 is 5.32 Å². The number of nitrogens with one attached hydrogen (secondary N) is 1. The molecule has 38 heavy (non-hydrogen) atoms. The van der Waals surface area contributed by atoms with E-state index in [1.54, 1.807) is 13.8 Å². The maximum Gasteiger partial charge on any atom is 0.420 e. The Morgan fingerprint density at radius 2 is 1.92 bits per heavy atom. The summed E-state index contributed by atoms with van der Waals surface area (Å²) in [5.74, 6) is -0.00970. The van der Waals surface area contributed by atoms with E-state index < -0.39 is 27.4 Å². The standard InChI is InChI=1S/C22H25F3N8O3S2/c1-21(2,34)9-18-27-12-17(37-18)19-16(22(23,24)25)11-28-20(31-19)30-14-3-6-33(7-4-14)38(35,36)15-10-29-32(13-15)8-5-26/h10-14,34H,3-4,6-9H2,1-2H3,(H,28,30,31). The molecule has 11 nitrogen and oxygen atoms in total. The molecule has 0 aliphatic carbocycles. The van der Waals surface area contributed by atoms with Gasteiger partial charge in [-0.15, -0.1) is 11.3 Å². The monoisotopic (exact) mass is 570 g/mol. The van der Waals surface area contributed by atoms with Gasteiger partial charge in [-0.05, 0) is 26.7 Å². The molecule has 1 fully saturated rings. The number of hydrogen-bond acceptors (Lipinski definition) is 10. The van der Waals surface area contributed by atoms with Crippen molar-refractivity contribution >= 4 is 27.3 Å². The summed E-state index contributed by atoms with van der Waals surface area (Å²) in [4.78, 5) is 12.3. The van der Waals surface area contributed by atoms with Gasteiger partial charge in [0, 0.05) is 44.1 Å². The average molecular weight is 571 g/mol. The van der Waals surface area contributed by atoms with Crippen molar-refractivity contribution in [2.75, 3.05) is 18.4 Å². The number of rotatable bonds is 8. The third-order valence-electron chi connectivity index (χ3n) is 5.73. The van der Waals surface area contributed by atoms with Crippen LogP contribution in [0.2, 0.25) is 0 Å². The number of nitriles is 1. The number of nitrogens with zero attached hydrogens (tertiary/aromatic N) is 7. The Morgan fingerprint density at radius 1 is 1.21 bits per heavy atom. The van der Waals surface area contributed by atoms with Crippen LogP contribution >= 0.6 is 11.3 Å². The summed E-state index contributed by atoms with van der Waals surface area (Å²) in [5.41, 5.74) is -2.39. The lowest BCUT2D eigenvalue weighted by atomic mass is 10.1. The van der Waals surface area contributed by atoms with E-state index in [1.165, 1.54) is 27.6 Å². The van der Waals surface area contributed by atoms with E-state index in [4.69, 9.17) is 5.26 Å². The van der Waals surface area contributed by atoms with Gasteiger partial charge in [-0.1, -0.05) is 0 Å². The van der Waals surface area contributed by atoms with Crippen molar-refractivity contribution in [3.63, 3.8) is 0 Å². The molecule has 0 saturated carbocycles. The first-order chi connectivity index (χ1) is 17.8. The summed E-state index contributed by atoms with van der Waals surface area (Å²) < 4.78 is 69.5. The Hall–Kier alpha value is -3.13. The van der Waals surface area contributed by atoms with Gasteiger partial charge in [0.15, 0.2) is 0 Å². The summed E-state index contributed by atoms with van der Waals surface area (Å²) in [6.45, 7) is 3.44. The lowest BCUT2D eigenvalue weighted by Gasteiger charge is -2.31. The predicted molar refractivity (Wildman–Crippen MR) is 131 cm³/mol. The molecule has 4 rings (SSSR count). The second-order valence-electron chi connectivity index (χ2n) is 9.42. The number of alkyl halides is 3. The van der Waals surface area contributed by atoms with Gasteiger partial charge in [0.2, 0.25) is 16.0 Å². The van der Waals surface area contributed by atoms with Crippen molar-refractivity contribution in [1.29, 1.82) is 5.26 Å². The van der Waals surface area contributed by atoms with Crippen LogP contribution in [0.5, 0.6) is 0 Å². The molecule has 0 spiro atoms. The zero-order valence-electron chi connectivity index (χ0n) is 20.5. The minimum atomic E-state index is -4.69. The fraction of sp³-hybridized carbons (Fsp3) is 0.500. The molecule has 3 aromatic heterocycles. The molecular weight excluding hydrogens is 545 g/mol. The quantitative estimate of drug-likeness (QED) is 0.417. The van der Waals surface area contributed by atoms with Gasteiger partial charge in [-0.25, -0.2) is 23.4 Å². The zero-order valence-corrected chi connectivity index (χ0v) is 22.1. The summed E-state index contributed by atoms with van der Waals surface area (Å²) in [7, 11) is -3.80. The highest BCUT2D eigenvalue weighted by atomic mass is 32.2. The minimum absolute atomic E-state index is 0.00970. The van der Waals surface area contributed by atoms with E-state index in [2.05, 4.69) is 25.4 Å². The molecule has 1 saturated heterocycles. The van der Waals surface area contributed by atoms with Crippen LogP contribution in [-0.2, 0) is 29.2 Å². The van der Waals surface area contributed by atoms with Crippen LogP contribution in [0, 0.1) is 11.3 Å². The van der Waals surface area contributed by atoms with Crippen LogP contribution in [0.3, 0.4) is 0 Å². The Bertz CT molecular complexity index is 1430. The zero-order chi connectivity index (χ0) is 27.7. The van der Waals surface area contributed by atoms with E-state index in [9.17, 15) is 26.7 Å². The highest BCUT2D eigenvalue weighted by Gasteiger charge is 2.37. The molecular formula is C22H25F3N8O3S2. The van der Waals surface area contributed by atoms with Crippen LogP contribution in [0.1, 0.15) is 37.3 Å². The van der Waals surface area contributed by atoms with Crippen molar-refractivity contribution in [2.24, 2.45) is 0 Å². The van der Waals surface area contributed by atoms with Gasteiger partial charge < -0.3 is 10.4 Å². The van der Waals surface area contributed by atoms with Crippen LogP contribution in [0.15, 0.2) is 29.7 Å². The largest absolute Gasteiger partial charge is 0.420 e. The lowest BCUT2D eigenvalue weighted by molar-refractivity contribution is -0.137. The molecule has 2 N–H and O–H groups in total. The van der Waals surface area contributed by atoms with Crippen molar-refractivity contribution in [3.05, 3.63) is 35.4 Å². The maximum absolute atomic E-state index is 13.7. The van der Waals surface area contributed by atoms with Gasteiger partial charge >= 0.3 is 6.18 Å². The molecule has 204 valence electrons. The second-order valence-corrected chi connectivity index (χ2v) is 12.5. The molecule has 0 amide bonds. The van der Waals surface area contributed by atoms with Crippen molar-refractivity contribution in [2.45, 2.75) is 62.4 Å². The molecule has 4 heterocycles. The third kappa shape index (κ3) is 6.46. The van der Waals surface area contributed by atoms with Gasteiger partial charge in [0.25, 0.3) is 0 Å². The Labute approximate surface area is 221 Å². The predicted octanol–water partition coefficient (Wildman–Crippen LogP) is 2.92. The number of aromatic nitrogens is 5. The summed E-state index contributed by atoms with van der Waals surface area (Å²) in [6.07, 6.45) is 0.759. The number of aliphatic hydroxyl groups is 1. The fourth-order valence-electron chi connectivity index (χ4n) is 3.93. The van der Waals surface area contributed by atoms with Crippen molar-refractivity contribution in [3.8, 4) is 16.6 Å². The van der Waals surface area contributed by atoms with E-state index in [0.717, 1.165) is 17.5 Å². The normalized spacial score (nSPS) is 15.9. The molecule has 1 aliphatic rings. The number of hydrogen-bond donors (Lipinski definition) is 2. The first-order valence-electron chi connectivity index (χ1n) is 11.5. The third-order valence-corrected chi connectivity index (χ3v) is 8.59. The van der Waals surface area contributed by atoms with Gasteiger partial charge in [0.1, 0.15) is 17.0 Å². The molecule has 16 heteroatoms. The van der Waals surface area contributed by atoms with E-state index in [-0.39, 0.29) is 53.5 Å². The number of thiazole rings is 1. The van der Waals surface area contributed by atoms with Crippen LogP contribution in [0.25, 0.3) is 10.6 Å². The molecule has 0 unspecified atom stereocenters. The Balaban J connectivity index is 1.48. The van der Waals surface area contributed by atoms with E-state index in [1.807, 2.05) is 6.07 Å². The van der Waals surface area contributed by atoms with Crippen LogP contribution in [0.4, 0.5) is 19.1 Å². The van der Waals surface area contributed by atoms with Crippen molar-refractivity contribution < 1.29 is 26.7 Å². The smallest absolute Gasteiger partial charge is 0.390 e. The highest BCUT2D eigenvalue weighted by molar-refractivity contribution is 7.89. The first kappa shape index (κ1) is 27.9. The summed E-state index contributed by atoms with van der Waals surface area (Å²) in [5, 5.41) is 26.1. The maximum atomic E-state index is 13.7. The van der Waals surface area contributed by atoms with Crippen LogP contribution in [-0.4, -0.2) is 67.3 Å². The van der Waals surface area contributed by atoms with Crippen molar-refractivity contribution in [1.82, 2.24) is 29.0 Å². The van der Waals surface area contributed by atoms with E-state index in [0.29, 0.717) is 17.8 Å². The highest BCUT2D eigenvalue weighted by Crippen LogP contribution is 2.38. The SMILES string of the molecule is CC(C)(O)Cc1ncc(-c2nc(NC3CCN(S(=O)(=O)c4cnn(CC#N)c4)CC3)ncc2C(F)(F)F)s1. The topological polar surface area (TPSA) is 150 Å². The second kappa shape index (κ2) is 10.6.